The molecule has 0 aliphatic heterocycles. The van der Waals surface area contributed by atoms with Crippen LogP contribution in [-0.2, 0) is 5.41 Å². The fourth-order valence-electron chi connectivity index (χ4n) is 7.89. The topological polar surface area (TPSA) is 25.8 Å². The van der Waals surface area contributed by atoms with Gasteiger partial charge in [-0.3, -0.25) is 0 Å². The van der Waals surface area contributed by atoms with Crippen molar-refractivity contribution < 1.29 is 0 Å². The van der Waals surface area contributed by atoms with Crippen LogP contribution >= 0.6 is 22.7 Å². The molecule has 6 aromatic carbocycles. The highest BCUT2D eigenvalue weighted by Gasteiger charge is 2.51. The first kappa shape index (κ1) is 26.8. The van der Waals surface area contributed by atoms with Crippen LogP contribution in [0.15, 0.2) is 157 Å². The molecular formula is C43H26N2S2. The standard InChI is InChI=1S/C43H26N2S2/c1-3-13-37-33(11-1)34-12-2-4-14-38(34)43(37)39-25-29(27-7-5-9-31(23-27)41-44-19-21-46-41)15-17-35(39)36-18-16-30(26-40(36)43)28-8-6-10-32(24-28)42-45-20-22-47-42/h1-26H. The molecule has 0 atom stereocenters. The largest absolute Gasteiger partial charge is 0.245 e. The number of nitrogens with zero attached hydrogens (tertiary/aromatic N) is 2. The predicted octanol–water partition coefficient (Wildman–Crippen LogP) is 11.6. The van der Waals surface area contributed by atoms with Gasteiger partial charge in [0.05, 0.1) is 5.41 Å². The van der Waals surface area contributed by atoms with Crippen LogP contribution < -0.4 is 0 Å². The lowest BCUT2D eigenvalue weighted by Gasteiger charge is -2.31. The van der Waals surface area contributed by atoms with Crippen molar-refractivity contribution in [1.29, 1.82) is 0 Å². The molecule has 0 saturated carbocycles. The number of benzene rings is 6. The maximum atomic E-state index is 4.58. The lowest BCUT2D eigenvalue weighted by molar-refractivity contribution is 0.794. The highest BCUT2D eigenvalue weighted by Crippen LogP contribution is 2.63. The average molecular weight is 635 g/mol. The molecule has 1 spiro atoms. The van der Waals surface area contributed by atoms with Crippen molar-refractivity contribution in [3.05, 3.63) is 179 Å². The second-order valence-electron chi connectivity index (χ2n) is 12.2. The maximum absolute atomic E-state index is 4.58. The lowest BCUT2D eigenvalue weighted by atomic mass is 9.70. The van der Waals surface area contributed by atoms with Gasteiger partial charge in [0.15, 0.2) is 0 Å². The number of rotatable bonds is 4. The Morgan fingerprint density at radius 1 is 0.362 bits per heavy atom. The summed E-state index contributed by atoms with van der Waals surface area (Å²) < 4.78 is 0. The molecule has 2 nitrogen and oxygen atoms in total. The van der Waals surface area contributed by atoms with Crippen molar-refractivity contribution in [2.75, 3.05) is 0 Å². The summed E-state index contributed by atoms with van der Waals surface area (Å²) >= 11 is 3.35. The molecule has 2 aliphatic carbocycles. The molecule has 0 unspecified atom stereocenters. The number of hydrogen-bond acceptors (Lipinski definition) is 4. The van der Waals surface area contributed by atoms with E-state index in [9.17, 15) is 0 Å². The molecule has 0 radical (unpaired) electrons. The molecular weight excluding hydrogens is 609 g/mol. The van der Waals surface area contributed by atoms with Crippen molar-refractivity contribution in [1.82, 2.24) is 9.97 Å². The van der Waals surface area contributed by atoms with Gasteiger partial charge in [0, 0.05) is 34.3 Å². The molecule has 0 saturated heterocycles. The van der Waals surface area contributed by atoms with Gasteiger partial charge in [-0.1, -0.05) is 109 Å². The molecule has 47 heavy (non-hydrogen) atoms. The van der Waals surface area contributed by atoms with Gasteiger partial charge in [-0.15, -0.1) is 22.7 Å². The molecule has 220 valence electrons. The van der Waals surface area contributed by atoms with E-state index in [1.54, 1.807) is 22.7 Å². The third kappa shape index (κ3) is 3.89. The van der Waals surface area contributed by atoms with Gasteiger partial charge < -0.3 is 0 Å². The fourth-order valence-corrected chi connectivity index (χ4v) is 9.16. The zero-order valence-electron chi connectivity index (χ0n) is 25.2. The van der Waals surface area contributed by atoms with Crippen LogP contribution in [0.3, 0.4) is 0 Å². The number of hydrogen-bond donors (Lipinski definition) is 0. The second kappa shape index (κ2) is 10.3. The molecule has 4 heteroatoms. The third-order valence-corrected chi connectivity index (χ3v) is 11.5. The summed E-state index contributed by atoms with van der Waals surface area (Å²) in [7, 11) is 0. The van der Waals surface area contributed by atoms with E-state index in [0.717, 1.165) is 21.1 Å². The Morgan fingerprint density at radius 2 is 0.787 bits per heavy atom. The third-order valence-electron chi connectivity index (χ3n) is 9.84. The SMILES string of the molecule is c1cc(-c2ccc3c(c2)C2(c4ccccc4-c4ccccc42)c2cc(-c4cccc(-c5nccs5)c4)ccc2-3)cc(-c2nccs2)c1. The number of thiazole rings is 2. The Balaban J connectivity index is 1.22. The van der Waals surface area contributed by atoms with Crippen LogP contribution in [0.5, 0.6) is 0 Å². The lowest BCUT2D eigenvalue weighted by Crippen LogP contribution is -2.26. The maximum Gasteiger partial charge on any atom is 0.123 e. The van der Waals surface area contributed by atoms with Crippen LogP contribution in [-0.4, -0.2) is 9.97 Å². The molecule has 10 rings (SSSR count). The van der Waals surface area contributed by atoms with E-state index in [2.05, 4.69) is 143 Å². The molecule has 0 bridgehead atoms. The molecule has 0 fully saturated rings. The first-order chi connectivity index (χ1) is 23.3. The summed E-state index contributed by atoms with van der Waals surface area (Å²) in [6.45, 7) is 0. The minimum absolute atomic E-state index is 0.427. The van der Waals surface area contributed by atoms with Crippen LogP contribution in [0.1, 0.15) is 22.3 Å². The van der Waals surface area contributed by atoms with Crippen molar-refractivity contribution in [2.45, 2.75) is 5.41 Å². The summed E-state index contributed by atoms with van der Waals surface area (Å²) in [6.07, 6.45) is 3.75. The summed E-state index contributed by atoms with van der Waals surface area (Å²) in [5.74, 6) is 0. The first-order valence-electron chi connectivity index (χ1n) is 15.8. The van der Waals surface area contributed by atoms with Gasteiger partial charge in [-0.05, 0) is 91.0 Å². The summed E-state index contributed by atoms with van der Waals surface area (Å²) in [4.78, 5) is 9.17. The Labute approximate surface area is 281 Å². The van der Waals surface area contributed by atoms with Gasteiger partial charge in [-0.2, -0.15) is 0 Å². The highest BCUT2D eigenvalue weighted by atomic mass is 32.1. The van der Waals surface area contributed by atoms with E-state index in [0.29, 0.717) is 0 Å². The highest BCUT2D eigenvalue weighted by molar-refractivity contribution is 7.13. The number of fused-ring (bicyclic) bond motifs is 10. The normalized spacial score (nSPS) is 13.3. The molecule has 2 aliphatic rings. The second-order valence-corrected chi connectivity index (χ2v) is 14.0. The van der Waals surface area contributed by atoms with Crippen molar-refractivity contribution >= 4 is 22.7 Å². The van der Waals surface area contributed by atoms with Gasteiger partial charge in [0.25, 0.3) is 0 Å². The van der Waals surface area contributed by atoms with E-state index >= 15 is 0 Å². The Morgan fingerprint density at radius 3 is 1.26 bits per heavy atom. The van der Waals surface area contributed by atoms with Crippen molar-refractivity contribution in [2.24, 2.45) is 0 Å². The first-order valence-corrected chi connectivity index (χ1v) is 17.5. The molecule has 0 amide bonds. The zero-order chi connectivity index (χ0) is 31.0. The average Bonchev–Trinajstić information content (AvgIpc) is 3.96. The van der Waals surface area contributed by atoms with Crippen molar-refractivity contribution in [3.8, 4) is 65.6 Å². The van der Waals surface area contributed by atoms with Crippen LogP contribution in [0.25, 0.3) is 65.6 Å². The minimum Gasteiger partial charge on any atom is -0.245 e. The minimum atomic E-state index is -0.427. The van der Waals surface area contributed by atoms with Crippen LogP contribution in [0, 0.1) is 0 Å². The summed E-state index contributed by atoms with van der Waals surface area (Å²) in [5.41, 5.74) is 17.3. The van der Waals surface area contributed by atoms with Crippen LogP contribution in [0.4, 0.5) is 0 Å². The predicted molar refractivity (Wildman–Crippen MR) is 196 cm³/mol. The van der Waals surface area contributed by atoms with Crippen LogP contribution in [0.2, 0.25) is 0 Å². The fraction of sp³-hybridized carbons (Fsp3) is 0.0233. The molecule has 8 aromatic rings. The summed E-state index contributed by atoms with van der Waals surface area (Å²) in [6, 6.07) is 49.8. The van der Waals surface area contributed by atoms with E-state index in [-0.39, 0.29) is 0 Å². The Bertz CT molecular complexity index is 2300. The molecule has 2 heterocycles. The van der Waals surface area contributed by atoms with E-state index < -0.39 is 5.41 Å². The van der Waals surface area contributed by atoms with Gasteiger partial charge in [0.1, 0.15) is 10.0 Å². The van der Waals surface area contributed by atoms with E-state index in [4.69, 9.17) is 0 Å². The van der Waals surface area contributed by atoms with E-state index in [1.807, 2.05) is 23.2 Å². The van der Waals surface area contributed by atoms with Gasteiger partial charge in [0.2, 0.25) is 0 Å². The molecule has 2 aromatic heterocycles. The molecule has 0 N–H and O–H groups in total. The smallest absolute Gasteiger partial charge is 0.123 e. The Kier molecular flexibility index (Phi) is 5.86. The summed E-state index contributed by atoms with van der Waals surface area (Å²) in [5, 5.41) is 6.16. The van der Waals surface area contributed by atoms with Gasteiger partial charge in [-0.25, -0.2) is 9.97 Å². The van der Waals surface area contributed by atoms with E-state index in [1.165, 1.54) is 66.8 Å². The monoisotopic (exact) mass is 634 g/mol. The van der Waals surface area contributed by atoms with Crippen molar-refractivity contribution in [3.63, 3.8) is 0 Å². The number of aromatic nitrogens is 2. The Hall–Kier alpha value is -5.42. The quantitative estimate of drug-likeness (QED) is 0.192. The van der Waals surface area contributed by atoms with Gasteiger partial charge >= 0.3 is 0 Å². The zero-order valence-corrected chi connectivity index (χ0v) is 26.9.